The van der Waals surface area contributed by atoms with Gasteiger partial charge in [-0.15, -0.1) is 10.2 Å². The quantitative estimate of drug-likeness (QED) is 0.375. The van der Waals surface area contributed by atoms with Crippen molar-refractivity contribution in [3.63, 3.8) is 0 Å². The van der Waals surface area contributed by atoms with E-state index in [0.717, 1.165) is 16.5 Å². The number of aromatic nitrogens is 4. The van der Waals surface area contributed by atoms with E-state index >= 15 is 0 Å². The Morgan fingerprint density at radius 3 is 2.85 bits per heavy atom. The number of nitrogens with one attached hydrogen (secondary N) is 3. The SMILES string of the molecule is C[C@H](NC(=O)C[C@H]1NC(=O)N(CCc2c[nH]c3ccccc23)C1=O)c1nnc2ccccn12. The number of imide groups is 1. The van der Waals surface area contributed by atoms with Crippen molar-refractivity contribution in [3.8, 4) is 0 Å². The number of benzene rings is 1. The number of rotatable bonds is 7. The van der Waals surface area contributed by atoms with Crippen molar-refractivity contribution in [2.45, 2.75) is 31.8 Å². The van der Waals surface area contributed by atoms with E-state index in [0.29, 0.717) is 17.9 Å². The number of fused-ring (bicyclic) bond motifs is 2. The van der Waals surface area contributed by atoms with Crippen LogP contribution in [0.1, 0.15) is 30.8 Å². The standard InChI is InChI=1S/C23H23N7O3/c1-14(21-28-27-19-8-4-5-10-29(19)21)25-20(31)12-18-22(32)30(23(33)26-18)11-9-15-13-24-17-7-3-2-6-16(15)17/h2-8,10,13-14,18,24H,9,11-12H2,1H3,(H,25,31)(H,26,33)/t14-,18+/m0/s1. The highest BCUT2D eigenvalue weighted by Gasteiger charge is 2.39. The molecule has 0 bridgehead atoms. The van der Waals surface area contributed by atoms with Crippen LogP contribution in [-0.4, -0.2) is 54.9 Å². The summed E-state index contributed by atoms with van der Waals surface area (Å²) in [5.41, 5.74) is 2.72. The molecule has 1 aliphatic heterocycles. The van der Waals surface area contributed by atoms with Crippen LogP contribution in [0.2, 0.25) is 0 Å². The van der Waals surface area contributed by atoms with E-state index in [1.807, 2.05) is 54.9 Å². The first-order chi connectivity index (χ1) is 16.0. The third kappa shape index (κ3) is 3.91. The summed E-state index contributed by atoms with van der Waals surface area (Å²) in [4.78, 5) is 42.1. The molecular formula is C23H23N7O3. The first-order valence-electron chi connectivity index (χ1n) is 10.8. The van der Waals surface area contributed by atoms with Gasteiger partial charge in [-0.1, -0.05) is 24.3 Å². The van der Waals surface area contributed by atoms with E-state index in [2.05, 4.69) is 25.8 Å². The van der Waals surface area contributed by atoms with Gasteiger partial charge in [0.2, 0.25) is 5.91 Å². The molecule has 0 unspecified atom stereocenters. The first-order valence-corrected chi connectivity index (χ1v) is 10.8. The van der Waals surface area contributed by atoms with Crippen LogP contribution in [0.25, 0.3) is 16.6 Å². The molecule has 0 radical (unpaired) electrons. The third-order valence-electron chi connectivity index (χ3n) is 5.88. The predicted molar refractivity (Wildman–Crippen MR) is 120 cm³/mol. The van der Waals surface area contributed by atoms with Gasteiger partial charge in [0.05, 0.1) is 12.5 Å². The summed E-state index contributed by atoms with van der Waals surface area (Å²) in [6, 6.07) is 11.6. The second kappa shape index (κ2) is 8.38. The Hall–Kier alpha value is -4.21. The minimum absolute atomic E-state index is 0.144. The van der Waals surface area contributed by atoms with Crippen molar-refractivity contribution >= 4 is 34.4 Å². The summed E-state index contributed by atoms with van der Waals surface area (Å²) in [6.07, 6.45) is 4.09. The van der Waals surface area contributed by atoms with Crippen molar-refractivity contribution in [1.82, 2.24) is 35.1 Å². The van der Waals surface area contributed by atoms with Crippen molar-refractivity contribution in [2.24, 2.45) is 0 Å². The van der Waals surface area contributed by atoms with E-state index in [1.165, 1.54) is 4.90 Å². The summed E-state index contributed by atoms with van der Waals surface area (Å²) in [6.45, 7) is 2.04. The molecule has 0 spiro atoms. The van der Waals surface area contributed by atoms with Gasteiger partial charge in [-0.05, 0) is 37.1 Å². The Morgan fingerprint density at radius 1 is 1.15 bits per heavy atom. The molecule has 0 aliphatic carbocycles. The lowest BCUT2D eigenvalue weighted by atomic mass is 10.1. The van der Waals surface area contributed by atoms with E-state index in [-0.39, 0.29) is 18.9 Å². The van der Waals surface area contributed by atoms with Crippen molar-refractivity contribution in [3.05, 3.63) is 66.2 Å². The number of nitrogens with zero attached hydrogens (tertiary/aromatic N) is 4. The minimum atomic E-state index is -0.886. The number of H-pyrrole nitrogens is 1. The van der Waals surface area contributed by atoms with Gasteiger partial charge in [0, 0.05) is 29.8 Å². The van der Waals surface area contributed by atoms with Crippen molar-refractivity contribution in [2.75, 3.05) is 6.54 Å². The Balaban J connectivity index is 1.19. The van der Waals surface area contributed by atoms with Gasteiger partial charge in [-0.2, -0.15) is 0 Å². The average Bonchev–Trinajstić information content (AvgIpc) is 3.49. The van der Waals surface area contributed by atoms with Crippen LogP contribution in [0.3, 0.4) is 0 Å². The fourth-order valence-electron chi connectivity index (χ4n) is 4.20. The lowest BCUT2D eigenvalue weighted by molar-refractivity contribution is -0.131. The topological polar surface area (TPSA) is 124 Å². The Bertz CT molecular complexity index is 1360. The Morgan fingerprint density at radius 2 is 1.97 bits per heavy atom. The summed E-state index contributed by atoms with van der Waals surface area (Å²) in [7, 11) is 0. The first kappa shape index (κ1) is 20.7. The summed E-state index contributed by atoms with van der Waals surface area (Å²) in [5.74, 6) is -0.163. The Kier molecular flexibility index (Phi) is 5.25. The largest absolute Gasteiger partial charge is 0.361 e. The van der Waals surface area contributed by atoms with Crippen molar-refractivity contribution in [1.29, 1.82) is 0 Å². The molecule has 4 amide bonds. The zero-order valence-corrected chi connectivity index (χ0v) is 18.0. The zero-order chi connectivity index (χ0) is 22.9. The summed E-state index contributed by atoms with van der Waals surface area (Å²) < 4.78 is 1.79. The van der Waals surface area contributed by atoms with E-state index in [9.17, 15) is 14.4 Å². The molecule has 3 N–H and O–H groups in total. The fraction of sp³-hybridized carbons (Fsp3) is 0.261. The smallest absolute Gasteiger partial charge is 0.324 e. The van der Waals surface area contributed by atoms with Crippen molar-refractivity contribution < 1.29 is 14.4 Å². The van der Waals surface area contributed by atoms with E-state index < -0.39 is 24.0 Å². The van der Waals surface area contributed by atoms with Crippen LogP contribution < -0.4 is 10.6 Å². The lowest BCUT2D eigenvalue weighted by Gasteiger charge is -2.15. The second-order valence-electron chi connectivity index (χ2n) is 8.08. The summed E-state index contributed by atoms with van der Waals surface area (Å²) >= 11 is 0. The van der Waals surface area contributed by atoms with E-state index in [4.69, 9.17) is 0 Å². The third-order valence-corrected chi connectivity index (χ3v) is 5.88. The normalized spacial score (nSPS) is 17.0. The minimum Gasteiger partial charge on any atom is -0.361 e. The van der Waals surface area contributed by atoms with Crippen LogP contribution >= 0.6 is 0 Å². The number of aromatic amines is 1. The van der Waals surface area contributed by atoms with Gasteiger partial charge in [-0.3, -0.25) is 18.9 Å². The van der Waals surface area contributed by atoms with Crippen LogP contribution in [0, 0.1) is 0 Å². The zero-order valence-electron chi connectivity index (χ0n) is 18.0. The van der Waals surface area contributed by atoms with Gasteiger partial charge in [0.25, 0.3) is 5.91 Å². The average molecular weight is 445 g/mol. The number of amides is 4. The van der Waals surface area contributed by atoms with Crippen LogP contribution in [0.4, 0.5) is 4.79 Å². The highest BCUT2D eigenvalue weighted by molar-refractivity contribution is 6.05. The van der Waals surface area contributed by atoms with Crippen LogP contribution in [0.5, 0.6) is 0 Å². The molecule has 10 heteroatoms. The predicted octanol–water partition coefficient (Wildman–Crippen LogP) is 1.94. The molecule has 33 heavy (non-hydrogen) atoms. The number of para-hydroxylation sites is 1. The molecule has 1 aliphatic rings. The fourth-order valence-corrected chi connectivity index (χ4v) is 4.20. The second-order valence-corrected chi connectivity index (χ2v) is 8.08. The molecule has 4 aromatic rings. The molecule has 168 valence electrons. The molecule has 1 aromatic carbocycles. The number of hydrogen-bond donors (Lipinski definition) is 3. The summed E-state index contributed by atoms with van der Waals surface area (Å²) in [5, 5.41) is 14.8. The van der Waals surface area contributed by atoms with Gasteiger partial charge in [-0.25, -0.2) is 4.79 Å². The maximum atomic E-state index is 12.8. The number of urea groups is 1. The molecule has 4 heterocycles. The number of carbonyl (C=O) groups excluding carboxylic acids is 3. The molecule has 3 aromatic heterocycles. The van der Waals surface area contributed by atoms with Gasteiger partial charge >= 0.3 is 6.03 Å². The van der Waals surface area contributed by atoms with Gasteiger partial charge in [0.15, 0.2) is 11.5 Å². The van der Waals surface area contributed by atoms with Crippen LogP contribution in [-0.2, 0) is 16.0 Å². The molecular weight excluding hydrogens is 422 g/mol. The highest BCUT2D eigenvalue weighted by Crippen LogP contribution is 2.20. The lowest BCUT2D eigenvalue weighted by Crippen LogP contribution is -2.38. The molecule has 5 rings (SSSR count). The number of hydrogen-bond acceptors (Lipinski definition) is 5. The monoisotopic (exact) mass is 445 g/mol. The molecule has 0 saturated carbocycles. The van der Waals surface area contributed by atoms with Gasteiger partial charge < -0.3 is 15.6 Å². The molecule has 2 atom stereocenters. The Labute approximate surface area is 189 Å². The molecule has 1 saturated heterocycles. The number of pyridine rings is 1. The maximum Gasteiger partial charge on any atom is 0.324 e. The van der Waals surface area contributed by atoms with Gasteiger partial charge in [0.1, 0.15) is 6.04 Å². The van der Waals surface area contributed by atoms with Crippen LogP contribution in [0.15, 0.2) is 54.9 Å². The number of carbonyl (C=O) groups is 3. The molecule has 1 fully saturated rings. The molecule has 10 nitrogen and oxygen atoms in total. The highest BCUT2D eigenvalue weighted by atomic mass is 16.2. The van der Waals surface area contributed by atoms with E-state index in [1.54, 1.807) is 11.3 Å². The maximum absolute atomic E-state index is 12.8.